The van der Waals surface area contributed by atoms with Gasteiger partial charge in [-0.2, -0.15) is 0 Å². The Hall–Kier alpha value is -2.54. The predicted molar refractivity (Wildman–Crippen MR) is 106 cm³/mol. The molecule has 0 radical (unpaired) electrons. The Morgan fingerprint density at radius 1 is 1.11 bits per heavy atom. The highest BCUT2D eigenvalue weighted by atomic mass is 32.2. The summed E-state index contributed by atoms with van der Waals surface area (Å²) in [6.45, 7) is 0. The summed E-state index contributed by atoms with van der Waals surface area (Å²) < 4.78 is 27.3. The summed E-state index contributed by atoms with van der Waals surface area (Å²) in [5, 5.41) is 4.36. The van der Waals surface area contributed by atoms with E-state index >= 15 is 0 Å². The smallest absolute Gasteiger partial charge is 0.269 e. The van der Waals surface area contributed by atoms with E-state index in [0.717, 1.165) is 23.4 Å². The van der Waals surface area contributed by atoms with Gasteiger partial charge in [0.2, 0.25) is 0 Å². The number of rotatable bonds is 4. The third-order valence-corrected chi connectivity index (χ3v) is 7.76. The largest absolute Gasteiger partial charge is 0.396 e. The number of nitrogens with two attached hydrogens (primary N) is 1. The van der Waals surface area contributed by atoms with E-state index in [4.69, 9.17) is 5.73 Å². The highest BCUT2D eigenvalue weighted by molar-refractivity contribution is 7.90. The third-order valence-electron chi connectivity index (χ3n) is 6.08. The van der Waals surface area contributed by atoms with Gasteiger partial charge in [0.1, 0.15) is 0 Å². The van der Waals surface area contributed by atoms with Gasteiger partial charge in [0.05, 0.1) is 22.5 Å². The van der Waals surface area contributed by atoms with E-state index in [0.29, 0.717) is 23.3 Å². The molecule has 3 N–H and O–H groups in total. The van der Waals surface area contributed by atoms with Crippen LogP contribution in [0.2, 0.25) is 0 Å². The number of hydrogen-bond donors (Lipinski definition) is 2. The van der Waals surface area contributed by atoms with Crippen molar-refractivity contribution in [2.24, 2.45) is 11.8 Å². The average molecular weight is 382 g/mol. The topological polar surface area (TPSA) is 90.0 Å². The van der Waals surface area contributed by atoms with Crippen LogP contribution in [0.15, 0.2) is 53.7 Å². The summed E-state index contributed by atoms with van der Waals surface area (Å²) in [6, 6.07) is 10.6. The molecule has 2 aliphatic carbocycles. The summed E-state index contributed by atoms with van der Waals surface area (Å²) in [5.41, 5.74) is 7.97. The monoisotopic (exact) mass is 382 g/mol. The number of hydrogen-bond acceptors (Lipinski definition) is 5. The van der Waals surface area contributed by atoms with Crippen LogP contribution >= 0.6 is 0 Å². The molecule has 0 amide bonds. The van der Waals surface area contributed by atoms with Crippen LogP contribution in [-0.2, 0) is 10.0 Å². The normalized spacial score (nSPS) is 24.5. The molecule has 3 unspecified atom stereocenters. The van der Waals surface area contributed by atoms with E-state index in [2.05, 4.69) is 10.3 Å². The van der Waals surface area contributed by atoms with Crippen molar-refractivity contribution in [1.29, 1.82) is 0 Å². The standard InChI is InChI=1S/C20H22N4O2S/c21-17-12-22-20-16(19(17)23-18-11-13-6-7-14(18)10-13)8-9-24(20)27(25,26)15-4-2-1-3-5-15/h1-5,8-9,12-14,18H,6-7,10-11,21H2,(H,22,23). The second-order valence-corrected chi connectivity index (χ2v) is 9.50. The van der Waals surface area contributed by atoms with Crippen LogP contribution in [0.1, 0.15) is 25.7 Å². The molecule has 2 aliphatic rings. The Kier molecular flexibility index (Phi) is 3.69. The molecule has 0 spiro atoms. The molecule has 0 aliphatic heterocycles. The molecule has 6 nitrogen and oxygen atoms in total. The number of nitrogens with one attached hydrogen (secondary N) is 1. The molecule has 140 valence electrons. The molecule has 2 heterocycles. The number of anilines is 2. The SMILES string of the molecule is Nc1cnc2c(ccn2S(=O)(=O)c2ccccc2)c1NC1CC2CCC1C2. The second-order valence-electron chi connectivity index (χ2n) is 7.68. The van der Waals surface area contributed by atoms with Crippen LogP contribution in [0, 0.1) is 11.8 Å². The van der Waals surface area contributed by atoms with Crippen LogP contribution in [0.3, 0.4) is 0 Å². The van der Waals surface area contributed by atoms with Crippen LogP contribution < -0.4 is 11.1 Å². The van der Waals surface area contributed by atoms with E-state index in [-0.39, 0.29) is 4.90 Å². The van der Waals surface area contributed by atoms with Gasteiger partial charge in [0, 0.05) is 17.6 Å². The number of aromatic nitrogens is 2. The zero-order valence-corrected chi connectivity index (χ0v) is 15.7. The zero-order valence-electron chi connectivity index (χ0n) is 14.9. The van der Waals surface area contributed by atoms with E-state index in [9.17, 15) is 8.42 Å². The van der Waals surface area contributed by atoms with Crippen molar-refractivity contribution < 1.29 is 8.42 Å². The van der Waals surface area contributed by atoms with Crippen LogP contribution in [0.5, 0.6) is 0 Å². The van der Waals surface area contributed by atoms with Crippen molar-refractivity contribution in [3.63, 3.8) is 0 Å². The van der Waals surface area contributed by atoms with Gasteiger partial charge in [-0.25, -0.2) is 17.4 Å². The number of fused-ring (bicyclic) bond motifs is 3. The first-order chi connectivity index (χ1) is 13.0. The Morgan fingerprint density at radius 3 is 2.63 bits per heavy atom. The van der Waals surface area contributed by atoms with Gasteiger partial charge in [-0.15, -0.1) is 0 Å². The summed E-state index contributed by atoms with van der Waals surface area (Å²) >= 11 is 0. The minimum absolute atomic E-state index is 0.240. The van der Waals surface area contributed by atoms with Gasteiger partial charge in [-0.1, -0.05) is 24.6 Å². The number of pyridine rings is 1. The lowest BCUT2D eigenvalue weighted by Gasteiger charge is -2.25. The maximum Gasteiger partial charge on any atom is 0.269 e. The highest BCUT2D eigenvalue weighted by Gasteiger charge is 2.39. The van der Waals surface area contributed by atoms with Crippen LogP contribution in [0.4, 0.5) is 11.4 Å². The molecule has 2 fully saturated rings. The van der Waals surface area contributed by atoms with Gasteiger partial charge >= 0.3 is 0 Å². The van der Waals surface area contributed by atoms with Crippen molar-refractivity contribution in [2.45, 2.75) is 36.6 Å². The van der Waals surface area contributed by atoms with Gasteiger partial charge < -0.3 is 11.1 Å². The summed E-state index contributed by atoms with van der Waals surface area (Å²) in [4.78, 5) is 4.57. The van der Waals surface area contributed by atoms with Gasteiger partial charge in [0.15, 0.2) is 5.65 Å². The molecular weight excluding hydrogens is 360 g/mol. The van der Waals surface area contributed by atoms with Gasteiger partial charge in [-0.05, 0) is 49.3 Å². The van der Waals surface area contributed by atoms with Crippen LogP contribution in [-0.4, -0.2) is 23.4 Å². The molecule has 2 saturated carbocycles. The Morgan fingerprint density at radius 2 is 1.93 bits per heavy atom. The van der Waals surface area contributed by atoms with Gasteiger partial charge in [0.25, 0.3) is 10.0 Å². The lowest BCUT2D eigenvalue weighted by atomic mass is 9.95. The second kappa shape index (κ2) is 5.99. The first kappa shape index (κ1) is 16.6. The Balaban J connectivity index is 1.58. The molecule has 0 saturated heterocycles. The zero-order chi connectivity index (χ0) is 18.6. The first-order valence-electron chi connectivity index (χ1n) is 9.37. The van der Waals surface area contributed by atoms with E-state index in [1.165, 1.54) is 23.2 Å². The maximum atomic E-state index is 13.0. The molecular formula is C20H22N4O2S. The molecule has 5 rings (SSSR count). The molecule has 7 heteroatoms. The van der Waals surface area contributed by atoms with Crippen molar-refractivity contribution in [2.75, 3.05) is 11.1 Å². The van der Waals surface area contributed by atoms with Crippen molar-refractivity contribution in [3.05, 3.63) is 48.8 Å². The number of nitrogen functional groups attached to an aromatic ring is 1. The van der Waals surface area contributed by atoms with Crippen LogP contribution in [0.25, 0.3) is 11.0 Å². The van der Waals surface area contributed by atoms with E-state index < -0.39 is 10.0 Å². The lowest BCUT2D eigenvalue weighted by Crippen LogP contribution is -2.26. The highest BCUT2D eigenvalue weighted by Crippen LogP contribution is 2.46. The van der Waals surface area contributed by atoms with Gasteiger partial charge in [-0.3, -0.25) is 0 Å². The number of benzene rings is 1. The molecule has 2 aromatic heterocycles. The summed E-state index contributed by atoms with van der Waals surface area (Å²) in [7, 11) is -3.70. The molecule has 27 heavy (non-hydrogen) atoms. The van der Waals surface area contributed by atoms with Crippen molar-refractivity contribution in [1.82, 2.24) is 8.96 Å². The molecule has 3 aromatic rings. The molecule has 3 atom stereocenters. The first-order valence-corrected chi connectivity index (χ1v) is 10.8. The third kappa shape index (κ3) is 2.60. The quantitative estimate of drug-likeness (QED) is 0.721. The molecule has 1 aromatic carbocycles. The van der Waals surface area contributed by atoms with Crippen molar-refractivity contribution >= 4 is 32.4 Å². The fraction of sp³-hybridized carbons (Fsp3) is 0.350. The minimum atomic E-state index is -3.70. The Labute approximate surface area is 158 Å². The summed E-state index contributed by atoms with van der Waals surface area (Å²) in [6.07, 6.45) is 8.15. The fourth-order valence-corrected chi connectivity index (χ4v) is 6.07. The molecule has 2 bridgehead atoms. The summed E-state index contributed by atoms with van der Waals surface area (Å²) in [5.74, 6) is 1.50. The van der Waals surface area contributed by atoms with Crippen molar-refractivity contribution in [3.8, 4) is 0 Å². The number of nitrogens with zero attached hydrogens (tertiary/aromatic N) is 2. The van der Waals surface area contributed by atoms with E-state index in [1.54, 1.807) is 48.8 Å². The minimum Gasteiger partial charge on any atom is -0.396 e. The fourth-order valence-electron chi connectivity index (χ4n) is 4.75. The Bertz CT molecular complexity index is 1110. The van der Waals surface area contributed by atoms with E-state index in [1.807, 2.05) is 0 Å². The predicted octanol–water partition coefficient (Wildman–Crippen LogP) is 3.46. The maximum absolute atomic E-state index is 13.0. The average Bonchev–Trinajstić information content (AvgIpc) is 3.40. The lowest BCUT2D eigenvalue weighted by molar-refractivity contribution is 0.440.